The zero-order valence-electron chi connectivity index (χ0n) is 12.3. The topological polar surface area (TPSA) is 42.2 Å². The molecule has 0 aromatic heterocycles. The van der Waals surface area contributed by atoms with Gasteiger partial charge in [-0.3, -0.25) is 0 Å². The van der Waals surface area contributed by atoms with Gasteiger partial charge in [0.1, 0.15) is 17.6 Å². The molecule has 3 atom stereocenters. The minimum atomic E-state index is 0.0159. The van der Waals surface area contributed by atoms with E-state index in [0.29, 0.717) is 5.92 Å². The van der Waals surface area contributed by atoms with Gasteiger partial charge in [0.05, 0.1) is 18.6 Å². The van der Waals surface area contributed by atoms with Gasteiger partial charge in [-0.15, -0.1) is 0 Å². The van der Waals surface area contributed by atoms with Crippen LogP contribution < -0.4 is 9.47 Å². The predicted octanol–water partition coefficient (Wildman–Crippen LogP) is 4.18. The summed E-state index contributed by atoms with van der Waals surface area (Å²) in [4.78, 5) is 0. The molecule has 3 nitrogen and oxygen atoms in total. The van der Waals surface area contributed by atoms with Crippen molar-refractivity contribution in [2.45, 2.75) is 45.6 Å². The summed E-state index contributed by atoms with van der Waals surface area (Å²) in [5.74, 6) is 2.35. The Balaban J connectivity index is 1.96. The standard InChI is InChI=1S/C17H23NO2/c1-3-10-19-15-6-8-16(9-7-15)20-17-11-13(2)4-5-14(17)12-18/h6-9,13-14,17H,3-5,10-11H2,1-2H3. The number of hydrogen-bond acceptors (Lipinski definition) is 3. The molecule has 1 aliphatic rings. The molecule has 3 heteroatoms. The van der Waals surface area contributed by atoms with Crippen LogP contribution in [0.5, 0.6) is 11.5 Å². The zero-order chi connectivity index (χ0) is 14.4. The minimum absolute atomic E-state index is 0.0159. The highest BCUT2D eigenvalue weighted by Gasteiger charge is 2.30. The highest BCUT2D eigenvalue weighted by Crippen LogP contribution is 2.32. The lowest BCUT2D eigenvalue weighted by molar-refractivity contribution is 0.0955. The molecule has 0 N–H and O–H groups in total. The zero-order valence-corrected chi connectivity index (χ0v) is 12.3. The molecule has 0 aliphatic heterocycles. The Hall–Kier alpha value is -1.69. The van der Waals surface area contributed by atoms with E-state index in [1.165, 1.54) is 0 Å². The van der Waals surface area contributed by atoms with Crippen LogP contribution in [0.2, 0.25) is 0 Å². The van der Waals surface area contributed by atoms with Crippen molar-refractivity contribution < 1.29 is 9.47 Å². The summed E-state index contributed by atoms with van der Waals surface area (Å²) in [6.45, 7) is 5.05. The van der Waals surface area contributed by atoms with Crippen molar-refractivity contribution in [1.82, 2.24) is 0 Å². The van der Waals surface area contributed by atoms with Crippen LogP contribution in [-0.4, -0.2) is 12.7 Å². The molecule has 0 bridgehead atoms. The number of benzene rings is 1. The molecule has 1 aromatic rings. The van der Waals surface area contributed by atoms with Crippen molar-refractivity contribution in [3.05, 3.63) is 24.3 Å². The predicted molar refractivity (Wildman–Crippen MR) is 78.8 cm³/mol. The van der Waals surface area contributed by atoms with Crippen LogP contribution >= 0.6 is 0 Å². The van der Waals surface area contributed by atoms with Crippen LogP contribution in [-0.2, 0) is 0 Å². The fourth-order valence-electron chi connectivity index (χ4n) is 2.62. The summed E-state index contributed by atoms with van der Waals surface area (Å²) in [7, 11) is 0. The lowest BCUT2D eigenvalue weighted by atomic mass is 9.81. The first-order valence-electron chi connectivity index (χ1n) is 7.52. The highest BCUT2D eigenvalue weighted by molar-refractivity contribution is 5.31. The molecule has 0 amide bonds. The van der Waals surface area contributed by atoms with E-state index >= 15 is 0 Å². The fraction of sp³-hybridized carbons (Fsp3) is 0.588. The SMILES string of the molecule is CCCOc1ccc(OC2CC(C)CCC2C#N)cc1. The van der Waals surface area contributed by atoms with E-state index in [-0.39, 0.29) is 12.0 Å². The molecule has 1 aliphatic carbocycles. The molecule has 0 saturated heterocycles. The largest absolute Gasteiger partial charge is 0.494 e. The van der Waals surface area contributed by atoms with Crippen LogP contribution in [0.15, 0.2) is 24.3 Å². The molecule has 20 heavy (non-hydrogen) atoms. The Kier molecular flexibility index (Phi) is 5.29. The summed E-state index contributed by atoms with van der Waals surface area (Å²) >= 11 is 0. The average Bonchev–Trinajstić information content (AvgIpc) is 2.47. The van der Waals surface area contributed by atoms with Crippen LogP contribution in [0.25, 0.3) is 0 Å². The highest BCUT2D eigenvalue weighted by atomic mass is 16.5. The van der Waals surface area contributed by atoms with Gasteiger partial charge in [0.2, 0.25) is 0 Å². The van der Waals surface area contributed by atoms with Crippen LogP contribution in [0, 0.1) is 23.2 Å². The molecule has 2 rings (SSSR count). The number of nitriles is 1. The van der Waals surface area contributed by atoms with Crippen molar-refractivity contribution in [2.24, 2.45) is 11.8 Å². The second-order valence-electron chi connectivity index (χ2n) is 5.63. The molecule has 0 spiro atoms. The van der Waals surface area contributed by atoms with Gasteiger partial charge in [-0.05, 0) is 55.9 Å². The maximum atomic E-state index is 9.22. The monoisotopic (exact) mass is 273 g/mol. The third-order valence-corrected chi connectivity index (χ3v) is 3.80. The van der Waals surface area contributed by atoms with E-state index in [2.05, 4.69) is 19.9 Å². The maximum Gasteiger partial charge on any atom is 0.120 e. The van der Waals surface area contributed by atoms with Gasteiger partial charge < -0.3 is 9.47 Å². The van der Waals surface area contributed by atoms with E-state index in [1.54, 1.807) is 0 Å². The Bertz CT molecular complexity index is 449. The third kappa shape index (κ3) is 3.90. The van der Waals surface area contributed by atoms with Crippen LogP contribution in [0.3, 0.4) is 0 Å². The Morgan fingerprint density at radius 3 is 2.55 bits per heavy atom. The second-order valence-corrected chi connectivity index (χ2v) is 5.63. The van der Waals surface area contributed by atoms with Gasteiger partial charge in [-0.2, -0.15) is 5.26 Å². The Morgan fingerprint density at radius 2 is 1.90 bits per heavy atom. The van der Waals surface area contributed by atoms with Crippen molar-refractivity contribution in [3.8, 4) is 17.6 Å². The van der Waals surface area contributed by atoms with E-state index in [9.17, 15) is 5.26 Å². The summed E-state index contributed by atoms with van der Waals surface area (Å²) in [5.41, 5.74) is 0. The van der Waals surface area contributed by atoms with Crippen molar-refractivity contribution in [1.29, 1.82) is 5.26 Å². The first-order chi connectivity index (χ1) is 9.72. The maximum absolute atomic E-state index is 9.22. The smallest absolute Gasteiger partial charge is 0.120 e. The quantitative estimate of drug-likeness (QED) is 0.808. The average molecular weight is 273 g/mol. The van der Waals surface area contributed by atoms with Gasteiger partial charge >= 0.3 is 0 Å². The van der Waals surface area contributed by atoms with Crippen LogP contribution in [0.4, 0.5) is 0 Å². The summed E-state index contributed by atoms with van der Waals surface area (Å²) in [6.07, 6.45) is 4.06. The van der Waals surface area contributed by atoms with Gasteiger partial charge in [0.15, 0.2) is 0 Å². The van der Waals surface area contributed by atoms with E-state index in [4.69, 9.17) is 9.47 Å². The molecular formula is C17H23NO2. The molecule has 108 valence electrons. The number of rotatable bonds is 5. The lowest BCUT2D eigenvalue weighted by Crippen LogP contribution is -2.32. The molecule has 1 saturated carbocycles. The van der Waals surface area contributed by atoms with Gasteiger partial charge in [0, 0.05) is 0 Å². The van der Waals surface area contributed by atoms with Crippen LogP contribution in [0.1, 0.15) is 39.5 Å². The number of nitrogens with zero attached hydrogens (tertiary/aromatic N) is 1. The van der Waals surface area contributed by atoms with Gasteiger partial charge in [0.25, 0.3) is 0 Å². The summed E-state index contributed by atoms with van der Waals surface area (Å²) < 4.78 is 11.6. The first kappa shape index (κ1) is 14.7. The molecule has 1 aromatic carbocycles. The minimum Gasteiger partial charge on any atom is -0.494 e. The van der Waals surface area contributed by atoms with Gasteiger partial charge in [-0.1, -0.05) is 13.8 Å². The lowest BCUT2D eigenvalue weighted by Gasteiger charge is -2.31. The normalized spacial score (nSPS) is 25.8. The molecule has 3 unspecified atom stereocenters. The van der Waals surface area contributed by atoms with E-state index in [0.717, 1.165) is 43.8 Å². The van der Waals surface area contributed by atoms with E-state index in [1.807, 2.05) is 24.3 Å². The van der Waals surface area contributed by atoms with Crippen molar-refractivity contribution >= 4 is 0 Å². The second kappa shape index (κ2) is 7.19. The molecular weight excluding hydrogens is 250 g/mol. The first-order valence-corrected chi connectivity index (χ1v) is 7.52. The third-order valence-electron chi connectivity index (χ3n) is 3.80. The Morgan fingerprint density at radius 1 is 1.20 bits per heavy atom. The van der Waals surface area contributed by atoms with Gasteiger partial charge in [-0.25, -0.2) is 0 Å². The molecule has 0 heterocycles. The Labute approximate surface area is 121 Å². The molecule has 0 radical (unpaired) electrons. The van der Waals surface area contributed by atoms with Crippen molar-refractivity contribution in [3.63, 3.8) is 0 Å². The molecule has 1 fully saturated rings. The van der Waals surface area contributed by atoms with Crippen molar-refractivity contribution in [2.75, 3.05) is 6.61 Å². The summed E-state index contributed by atoms with van der Waals surface area (Å²) in [5, 5.41) is 9.22. The van der Waals surface area contributed by atoms with E-state index < -0.39 is 0 Å². The fourth-order valence-corrected chi connectivity index (χ4v) is 2.62. The number of ether oxygens (including phenoxy) is 2. The summed E-state index contributed by atoms with van der Waals surface area (Å²) in [6, 6.07) is 10.1. The number of hydrogen-bond donors (Lipinski definition) is 0.